The third-order valence-corrected chi connectivity index (χ3v) is 3.93. The number of nitrogens with one attached hydrogen (secondary N) is 1. The number of hydrogen-bond donors (Lipinski definition) is 2. The lowest BCUT2D eigenvalue weighted by molar-refractivity contribution is -0.153. The number of amides is 1. The summed E-state index contributed by atoms with van der Waals surface area (Å²) in [4.78, 5) is 25.3. The van der Waals surface area contributed by atoms with Gasteiger partial charge in [0, 0.05) is 13.5 Å². The van der Waals surface area contributed by atoms with Gasteiger partial charge < -0.3 is 9.52 Å². The van der Waals surface area contributed by atoms with Gasteiger partial charge in [-0.25, -0.2) is 0 Å². The minimum absolute atomic E-state index is 0.0644. The van der Waals surface area contributed by atoms with Crippen LogP contribution in [0.15, 0.2) is 4.42 Å². The van der Waals surface area contributed by atoms with E-state index in [2.05, 4.69) is 15.5 Å². The maximum Gasteiger partial charge on any atom is 0.322 e. The van der Waals surface area contributed by atoms with E-state index in [4.69, 9.17) is 4.42 Å². The van der Waals surface area contributed by atoms with Crippen molar-refractivity contribution >= 4 is 17.9 Å². The van der Waals surface area contributed by atoms with Crippen LogP contribution in [0.25, 0.3) is 0 Å². The van der Waals surface area contributed by atoms with Gasteiger partial charge in [0.2, 0.25) is 11.8 Å². The highest BCUT2D eigenvalue weighted by Gasteiger charge is 2.41. The number of carboxylic acid groups (broad SMARTS) is 1. The van der Waals surface area contributed by atoms with E-state index >= 15 is 0 Å². The van der Waals surface area contributed by atoms with Crippen molar-refractivity contribution in [2.75, 3.05) is 25.0 Å². The first-order valence-electron chi connectivity index (χ1n) is 7.01. The summed E-state index contributed by atoms with van der Waals surface area (Å²) in [5.74, 6) is -0.697. The average Bonchev–Trinajstić information content (AvgIpc) is 2.83. The monoisotopic (exact) mass is 296 g/mol. The molecule has 116 valence electrons. The Labute approximate surface area is 122 Å². The fourth-order valence-electron chi connectivity index (χ4n) is 2.69. The molecule has 2 N–H and O–H groups in total. The summed E-state index contributed by atoms with van der Waals surface area (Å²) >= 11 is 0. The molecule has 21 heavy (non-hydrogen) atoms. The van der Waals surface area contributed by atoms with Crippen LogP contribution in [0.4, 0.5) is 6.01 Å². The summed E-state index contributed by atoms with van der Waals surface area (Å²) in [7, 11) is 0. The van der Waals surface area contributed by atoms with Crippen LogP contribution in [0.2, 0.25) is 0 Å². The molecule has 1 aliphatic rings. The largest absolute Gasteiger partial charge is 0.481 e. The van der Waals surface area contributed by atoms with E-state index in [1.165, 1.54) is 0 Å². The first-order chi connectivity index (χ1) is 9.95. The van der Waals surface area contributed by atoms with Crippen molar-refractivity contribution in [1.29, 1.82) is 0 Å². The Morgan fingerprint density at radius 3 is 2.81 bits per heavy atom. The minimum atomic E-state index is -0.789. The van der Waals surface area contributed by atoms with Crippen molar-refractivity contribution in [3.05, 3.63) is 5.89 Å². The number of anilines is 1. The van der Waals surface area contributed by atoms with E-state index in [0.717, 1.165) is 6.42 Å². The lowest BCUT2D eigenvalue weighted by atomic mass is 9.77. The van der Waals surface area contributed by atoms with E-state index in [1.807, 2.05) is 11.8 Å². The highest BCUT2D eigenvalue weighted by atomic mass is 16.4. The minimum Gasteiger partial charge on any atom is -0.481 e. The summed E-state index contributed by atoms with van der Waals surface area (Å²) in [6, 6.07) is 0.0644. The summed E-state index contributed by atoms with van der Waals surface area (Å²) in [6.07, 6.45) is 1.98. The Morgan fingerprint density at radius 1 is 1.48 bits per heavy atom. The fraction of sp³-hybridized carbons (Fsp3) is 0.692. The Kier molecular flexibility index (Phi) is 4.56. The molecule has 1 aliphatic heterocycles. The summed E-state index contributed by atoms with van der Waals surface area (Å²) in [5.41, 5.74) is -0.750. The van der Waals surface area contributed by atoms with Crippen LogP contribution in [0.1, 0.15) is 32.1 Å². The lowest BCUT2D eigenvalue weighted by Crippen LogP contribution is -2.49. The molecule has 1 fully saturated rings. The van der Waals surface area contributed by atoms with Crippen LogP contribution >= 0.6 is 0 Å². The molecule has 1 atom stereocenters. The summed E-state index contributed by atoms with van der Waals surface area (Å²) in [6.45, 7) is 4.73. The number of carbonyl (C=O) groups excluding carboxylic acids is 1. The van der Waals surface area contributed by atoms with E-state index in [1.54, 1.807) is 6.92 Å². The van der Waals surface area contributed by atoms with Gasteiger partial charge in [-0.3, -0.25) is 19.8 Å². The van der Waals surface area contributed by atoms with Crippen LogP contribution in [0.5, 0.6) is 0 Å². The van der Waals surface area contributed by atoms with Crippen molar-refractivity contribution < 1.29 is 19.1 Å². The van der Waals surface area contributed by atoms with Crippen molar-refractivity contribution in [3.8, 4) is 0 Å². The Balaban J connectivity index is 1.93. The number of rotatable bonds is 5. The van der Waals surface area contributed by atoms with Crippen molar-refractivity contribution in [2.45, 2.75) is 33.1 Å². The first kappa shape index (κ1) is 15.4. The molecule has 1 aromatic rings. The number of aryl methyl sites for hydroxylation is 1. The number of hydrogen-bond acceptors (Lipinski definition) is 6. The highest BCUT2D eigenvalue weighted by molar-refractivity contribution is 5.90. The fourth-order valence-corrected chi connectivity index (χ4v) is 2.69. The molecular formula is C13H20N4O4. The average molecular weight is 296 g/mol. The molecule has 0 radical (unpaired) electrons. The van der Waals surface area contributed by atoms with Crippen molar-refractivity contribution in [1.82, 2.24) is 15.1 Å². The van der Waals surface area contributed by atoms with E-state index in [-0.39, 0.29) is 18.5 Å². The van der Waals surface area contributed by atoms with E-state index in [0.29, 0.717) is 31.8 Å². The SMILES string of the molecule is CCC1(C(=O)O)CCCN(CC(=O)Nc2nnc(C)o2)C1. The maximum atomic E-state index is 11.9. The number of aliphatic carboxylic acids is 1. The Hall–Kier alpha value is -1.96. The second-order valence-corrected chi connectivity index (χ2v) is 5.43. The zero-order chi connectivity index (χ0) is 15.5. The van der Waals surface area contributed by atoms with Crippen LogP contribution < -0.4 is 5.32 Å². The van der Waals surface area contributed by atoms with Gasteiger partial charge in [-0.2, -0.15) is 0 Å². The van der Waals surface area contributed by atoms with Gasteiger partial charge in [-0.1, -0.05) is 12.0 Å². The van der Waals surface area contributed by atoms with Gasteiger partial charge in [0.15, 0.2) is 0 Å². The number of likely N-dealkylation sites (tertiary alicyclic amines) is 1. The van der Waals surface area contributed by atoms with Gasteiger partial charge in [0.1, 0.15) is 0 Å². The molecule has 1 aromatic heterocycles. The quantitative estimate of drug-likeness (QED) is 0.830. The zero-order valence-electron chi connectivity index (χ0n) is 12.3. The number of aromatic nitrogens is 2. The predicted octanol–water partition coefficient (Wildman–Crippen LogP) is 0.893. The molecule has 0 saturated carbocycles. The maximum absolute atomic E-state index is 11.9. The predicted molar refractivity (Wildman–Crippen MR) is 73.7 cm³/mol. The summed E-state index contributed by atoms with van der Waals surface area (Å²) < 4.78 is 5.08. The highest BCUT2D eigenvalue weighted by Crippen LogP contribution is 2.33. The second-order valence-electron chi connectivity index (χ2n) is 5.43. The molecule has 2 heterocycles. The number of carboxylic acids is 1. The van der Waals surface area contributed by atoms with Gasteiger partial charge in [0.25, 0.3) is 0 Å². The van der Waals surface area contributed by atoms with Crippen LogP contribution in [-0.2, 0) is 9.59 Å². The van der Waals surface area contributed by atoms with Crippen LogP contribution in [0, 0.1) is 12.3 Å². The standard InChI is InChI=1S/C13H20N4O4/c1-3-13(11(19)20)5-4-6-17(8-13)7-10(18)14-12-16-15-9(2)21-12/h3-8H2,1-2H3,(H,19,20)(H,14,16,18). The first-order valence-corrected chi connectivity index (χ1v) is 7.01. The van der Waals surface area contributed by atoms with Crippen molar-refractivity contribution in [3.63, 3.8) is 0 Å². The number of carbonyl (C=O) groups is 2. The third kappa shape index (κ3) is 3.57. The van der Waals surface area contributed by atoms with Crippen molar-refractivity contribution in [2.24, 2.45) is 5.41 Å². The Morgan fingerprint density at radius 2 is 2.24 bits per heavy atom. The van der Waals surface area contributed by atoms with E-state index < -0.39 is 11.4 Å². The van der Waals surface area contributed by atoms with Crippen LogP contribution in [0.3, 0.4) is 0 Å². The van der Waals surface area contributed by atoms with Gasteiger partial charge >= 0.3 is 12.0 Å². The van der Waals surface area contributed by atoms with Gasteiger partial charge in [-0.15, -0.1) is 5.10 Å². The molecule has 0 bridgehead atoms. The topological polar surface area (TPSA) is 109 Å². The molecule has 1 unspecified atom stereocenters. The van der Waals surface area contributed by atoms with E-state index in [9.17, 15) is 14.7 Å². The Bertz CT molecular complexity index is 530. The number of nitrogens with zero attached hydrogens (tertiary/aromatic N) is 3. The third-order valence-electron chi connectivity index (χ3n) is 3.93. The zero-order valence-corrected chi connectivity index (χ0v) is 12.3. The summed E-state index contributed by atoms with van der Waals surface area (Å²) in [5, 5.41) is 19.2. The molecule has 8 heteroatoms. The molecular weight excluding hydrogens is 276 g/mol. The van der Waals surface area contributed by atoms with Gasteiger partial charge in [0.05, 0.1) is 12.0 Å². The molecule has 1 saturated heterocycles. The molecule has 1 amide bonds. The molecule has 0 spiro atoms. The normalized spacial score (nSPS) is 23.0. The molecule has 0 aliphatic carbocycles. The molecule has 8 nitrogen and oxygen atoms in total. The smallest absolute Gasteiger partial charge is 0.322 e. The van der Waals surface area contributed by atoms with Gasteiger partial charge in [-0.05, 0) is 25.8 Å². The molecule has 2 rings (SSSR count). The number of piperidine rings is 1. The van der Waals surface area contributed by atoms with Crippen LogP contribution in [-0.4, -0.2) is 51.7 Å². The second kappa shape index (κ2) is 6.21. The lowest BCUT2D eigenvalue weighted by Gasteiger charge is -2.38. The molecule has 0 aromatic carbocycles.